The molecular weight excluding hydrogens is 292 g/mol. The van der Waals surface area contributed by atoms with E-state index in [-0.39, 0.29) is 0 Å². The minimum atomic E-state index is 0.857. The zero-order valence-electron chi connectivity index (χ0n) is 10.7. The Balaban J connectivity index is 2.33. The van der Waals surface area contributed by atoms with Gasteiger partial charge in [-0.15, -0.1) is 0 Å². The molecule has 2 rings (SSSR count). The maximum atomic E-state index is 4.44. The summed E-state index contributed by atoms with van der Waals surface area (Å²) >= 11 is 3.39. The first-order valence-corrected chi connectivity index (χ1v) is 6.94. The number of halogens is 1. The van der Waals surface area contributed by atoms with Gasteiger partial charge < -0.3 is 5.32 Å². The summed E-state index contributed by atoms with van der Waals surface area (Å²) in [7, 11) is 0. The standard InChI is InChI=1S/C13H17BrN4/c1-3-12-10(7-15-4-2)8-17-18(12)13-6-5-11(14)9-16-13/h5-6,8-9,15H,3-4,7H2,1-2H3. The van der Waals surface area contributed by atoms with Crippen molar-refractivity contribution >= 4 is 15.9 Å². The minimum absolute atomic E-state index is 0.857. The molecule has 0 aliphatic rings. The van der Waals surface area contributed by atoms with Crippen LogP contribution in [0.25, 0.3) is 5.82 Å². The van der Waals surface area contributed by atoms with Gasteiger partial charge in [0, 0.05) is 22.8 Å². The van der Waals surface area contributed by atoms with Gasteiger partial charge in [-0.2, -0.15) is 5.10 Å². The quantitative estimate of drug-likeness (QED) is 0.923. The Morgan fingerprint density at radius 3 is 2.72 bits per heavy atom. The Bertz CT molecular complexity index is 504. The van der Waals surface area contributed by atoms with Crippen molar-refractivity contribution in [2.75, 3.05) is 6.54 Å². The molecule has 0 aromatic carbocycles. The number of rotatable bonds is 5. The first kappa shape index (κ1) is 13.2. The molecule has 1 N–H and O–H groups in total. The van der Waals surface area contributed by atoms with E-state index in [0.717, 1.165) is 29.8 Å². The predicted octanol–water partition coefficient (Wildman–Crippen LogP) is 2.70. The molecule has 0 saturated carbocycles. The lowest BCUT2D eigenvalue weighted by molar-refractivity contribution is 0.714. The molecule has 0 aliphatic carbocycles. The molecule has 0 atom stereocenters. The second-order valence-electron chi connectivity index (χ2n) is 4.00. The van der Waals surface area contributed by atoms with Gasteiger partial charge in [-0.05, 0) is 41.0 Å². The van der Waals surface area contributed by atoms with E-state index in [4.69, 9.17) is 0 Å². The van der Waals surface area contributed by atoms with Crippen LogP contribution in [-0.2, 0) is 13.0 Å². The maximum absolute atomic E-state index is 4.44. The summed E-state index contributed by atoms with van der Waals surface area (Å²) in [5.41, 5.74) is 2.45. The van der Waals surface area contributed by atoms with Crippen molar-refractivity contribution in [3.05, 3.63) is 40.3 Å². The molecule has 0 spiro atoms. The van der Waals surface area contributed by atoms with Gasteiger partial charge in [0.05, 0.1) is 11.9 Å². The third-order valence-electron chi connectivity index (χ3n) is 2.78. The van der Waals surface area contributed by atoms with Crippen LogP contribution < -0.4 is 5.32 Å². The summed E-state index contributed by atoms with van der Waals surface area (Å²) in [6.45, 7) is 6.06. The van der Waals surface area contributed by atoms with E-state index in [1.807, 2.05) is 23.0 Å². The van der Waals surface area contributed by atoms with Crippen LogP contribution in [0.5, 0.6) is 0 Å². The van der Waals surface area contributed by atoms with Crippen molar-refractivity contribution in [2.24, 2.45) is 0 Å². The topological polar surface area (TPSA) is 42.7 Å². The highest BCUT2D eigenvalue weighted by Gasteiger charge is 2.10. The molecule has 0 fully saturated rings. The molecule has 0 bridgehead atoms. The minimum Gasteiger partial charge on any atom is -0.313 e. The van der Waals surface area contributed by atoms with E-state index < -0.39 is 0 Å². The average molecular weight is 309 g/mol. The van der Waals surface area contributed by atoms with Crippen molar-refractivity contribution in [1.29, 1.82) is 0 Å². The van der Waals surface area contributed by atoms with Crippen molar-refractivity contribution < 1.29 is 0 Å². The van der Waals surface area contributed by atoms with Crippen molar-refractivity contribution in [3.8, 4) is 5.82 Å². The average Bonchev–Trinajstić information content (AvgIpc) is 2.80. The zero-order chi connectivity index (χ0) is 13.0. The molecule has 0 aliphatic heterocycles. The first-order chi connectivity index (χ1) is 8.76. The second kappa shape index (κ2) is 6.11. The normalized spacial score (nSPS) is 10.8. The third-order valence-corrected chi connectivity index (χ3v) is 3.25. The van der Waals surface area contributed by atoms with Crippen LogP contribution in [0, 0.1) is 0 Å². The summed E-state index contributed by atoms with van der Waals surface area (Å²) in [6, 6.07) is 3.95. The van der Waals surface area contributed by atoms with Gasteiger partial charge in [0.25, 0.3) is 0 Å². The molecule has 5 heteroatoms. The summed E-state index contributed by atoms with van der Waals surface area (Å²) in [4.78, 5) is 4.38. The van der Waals surface area contributed by atoms with E-state index in [9.17, 15) is 0 Å². The van der Waals surface area contributed by atoms with Crippen molar-refractivity contribution in [1.82, 2.24) is 20.1 Å². The molecule has 4 nitrogen and oxygen atoms in total. The molecular formula is C13H17BrN4. The Kier molecular flexibility index (Phi) is 4.49. The highest BCUT2D eigenvalue weighted by atomic mass is 79.9. The highest BCUT2D eigenvalue weighted by molar-refractivity contribution is 9.10. The van der Waals surface area contributed by atoms with Crippen LogP contribution in [0.3, 0.4) is 0 Å². The number of aromatic nitrogens is 3. The number of hydrogen-bond acceptors (Lipinski definition) is 3. The molecule has 2 aromatic heterocycles. The second-order valence-corrected chi connectivity index (χ2v) is 4.91. The fourth-order valence-electron chi connectivity index (χ4n) is 1.88. The lowest BCUT2D eigenvalue weighted by Crippen LogP contribution is -2.13. The molecule has 2 aromatic rings. The summed E-state index contributed by atoms with van der Waals surface area (Å²) < 4.78 is 2.89. The molecule has 0 amide bonds. The predicted molar refractivity (Wildman–Crippen MR) is 75.8 cm³/mol. The van der Waals surface area contributed by atoms with E-state index in [0.29, 0.717) is 0 Å². The van der Waals surface area contributed by atoms with Crippen LogP contribution in [0.15, 0.2) is 29.0 Å². The van der Waals surface area contributed by atoms with Gasteiger partial charge in [0.2, 0.25) is 0 Å². The molecule has 0 radical (unpaired) electrons. The lowest BCUT2D eigenvalue weighted by atomic mass is 10.2. The van der Waals surface area contributed by atoms with Crippen LogP contribution in [0.4, 0.5) is 0 Å². The Morgan fingerprint density at radius 1 is 1.28 bits per heavy atom. The number of hydrogen-bond donors (Lipinski definition) is 1. The van der Waals surface area contributed by atoms with Crippen molar-refractivity contribution in [3.63, 3.8) is 0 Å². The zero-order valence-corrected chi connectivity index (χ0v) is 12.2. The lowest BCUT2D eigenvalue weighted by Gasteiger charge is -2.07. The van der Waals surface area contributed by atoms with E-state index in [2.05, 4.69) is 45.2 Å². The first-order valence-electron chi connectivity index (χ1n) is 6.14. The number of pyridine rings is 1. The van der Waals surface area contributed by atoms with E-state index in [1.165, 1.54) is 11.3 Å². The Hall–Kier alpha value is -1.20. The number of nitrogens with one attached hydrogen (secondary N) is 1. The highest BCUT2D eigenvalue weighted by Crippen LogP contribution is 2.16. The molecule has 0 saturated heterocycles. The molecule has 18 heavy (non-hydrogen) atoms. The summed E-state index contributed by atoms with van der Waals surface area (Å²) in [5, 5.41) is 7.77. The van der Waals surface area contributed by atoms with Gasteiger partial charge in [-0.3, -0.25) is 0 Å². The van der Waals surface area contributed by atoms with Crippen LogP contribution in [-0.4, -0.2) is 21.3 Å². The van der Waals surface area contributed by atoms with Crippen molar-refractivity contribution in [2.45, 2.75) is 26.8 Å². The maximum Gasteiger partial charge on any atom is 0.153 e. The molecule has 96 valence electrons. The van der Waals surface area contributed by atoms with E-state index in [1.54, 1.807) is 6.20 Å². The fourth-order valence-corrected chi connectivity index (χ4v) is 2.12. The van der Waals surface area contributed by atoms with Gasteiger partial charge >= 0.3 is 0 Å². The van der Waals surface area contributed by atoms with Crippen LogP contribution in [0.2, 0.25) is 0 Å². The van der Waals surface area contributed by atoms with Gasteiger partial charge in [-0.25, -0.2) is 9.67 Å². The third kappa shape index (κ3) is 2.79. The van der Waals surface area contributed by atoms with Gasteiger partial charge in [0.15, 0.2) is 5.82 Å². The molecule has 2 heterocycles. The SMILES string of the molecule is CCNCc1cnn(-c2ccc(Br)cn2)c1CC. The Labute approximate surface area is 116 Å². The largest absolute Gasteiger partial charge is 0.313 e. The van der Waals surface area contributed by atoms with Crippen LogP contribution >= 0.6 is 15.9 Å². The summed E-state index contributed by atoms with van der Waals surface area (Å²) in [6.07, 6.45) is 4.66. The molecule has 0 unspecified atom stereocenters. The number of nitrogens with zero attached hydrogens (tertiary/aromatic N) is 3. The van der Waals surface area contributed by atoms with Gasteiger partial charge in [0.1, 0.15) is 0 Å². The smallest absolute Gasteiger partial charge is 0.153 e. The fraction of sp³-hybridized carbons (Fsp3) is 0.385. The monoisotopic (exact) mass is 308 g/mol. The summed E-state index contributed by atoms with van der Waals surface area (Å²) in [5.74, 6) is 0.859. The Morgan fingerprint density at radius 2 is 2.11 bits per heavy atom. The van der Waals surface area contributed by atoms with Gasteiger partial charge in [-0.1, -0.05) is 13.8 Å². The van der Waals surface area contributed by atoms with Crippen LogP contribution in [0.1, 0.15) is 25.1 Å². The van der Waals surface area contributed by atoms with E-state index >= 15 is 0 Å².